The Morgan fingerprint density at radius 3 is 2.87 bits per heavy atom. The standard InChI is InChI=1S/C9H17N5O/c1-13(2)9(15)4-5-10-6-8-12-11-7-14(8)3/h7,10H,4-6H2,1-3H3. The summed E-state index contributed by atoms with van der Waals surface area (Å²) in [6.07, 6.45) is 2.16. The van der Waals surface area contributed by atoms with E-state index in [0.717, 1.165) is 5.82 Å². The van der Waals surface area contributed by atoms with Gasteiger partial charge in [0.2, 0.25) is 5.91 Å². The first-order valence-electron chi connectivity index (χ1n) is 4.85. The van der Waals surface area contributed by atoms with Gasteiger partial charge in [-0.05, 0) is 0 Å². The molecule has 1 aromatic heterocycles. The molecule has 0 saturated heterocycles. The number of aryl methyl sites for hydroxylation is 1. The Morgan fingerprint density at radius 1 is 1.60 bits per heavy atom. The van der Waals surface area contributed by atoms with Crippen LogP contribution in [0.1, 0.15) is 12.2 Å². The molecule has 1 N–H and O–H groups in total. The number of carbonyl (C=O) groups is 1. The third kappa shape index (κ3) is 3.67. The van der Waals surface area contributed by atoms with E-state index in [9.17, 15) is 4.79 Å². The summed E-state index contributed by atoms with van der Waals surface area (Å²) in [6, 6.07) is 0. The summed E-state index contributed by atoms with van der Waals surface area (Å²) in [5, 5.41) is 10.8. The third-order valence-corrected chi connectivity index (χ3v) is 2.10. The molecule has 1 aromatic rings. The van der Waals surface area contributed by atoms with Crippen LogP contribution in [0, 0.1) is 0 Å². The van der Waals surface area contributed by atoms with E-state index in [4.69, 9.17) is 0 Å². The van der Waals surface area contributed by atoms with Gasteiger partial charge >= 0.3 is 0 Å². The Morgan fingerprint density at radius 2 is 2.33 bits per heavy atom. The first kappa shape index (κ1) is 11.6. The fourth-order valence-electron chi connectivity index (χ4n) is 1.09. The van der Waals surface area contributed by atoms with Gasteiger partial charge in [-0.15, -0.1) is 10.2 Å². The molecule has 0 spiro atoms. The zero-order valence-electron chi connectivity index (χ0n) is 9.40. The normalized spacial score (nSPS) is 10.3. The van der Waals surface area contributed by atoms with E-state index in [2.05, 4.69) is 15.5 Å². The summed E-state index contributed by atoms with van der Waals surface area (Å²) in [4.78, 5) is 12.8. The van der Waals surface area contributed by atoms with Crippen LogP contribution in [-0.2, 0) is 18.4 Å². The van der Waals surface area contributed by atoms with Gasteiger partial charge in [0, 0.05) is 34.1 Å². The van der Waals surface area contributed by atoms with Crippen LogP contribution >= 0.6 is 0 Å². The molecule has 6 nitrogen and oxygen atoms in total. The van der Waals surface area contributed by atoms with Crippen LogP contribution in [0.15, 0.2) is 6.33 Å². The van der Waals surface area contributed by atoms with Crippen molar-refractivity contribution < 1.29 is 4.79 Å². The summed E-state index contributed by atoms with van der Waals surface area (Å²) in [6.45, 7) is 1.29. The van der Waals surface area contributed by atoms with E-state index < -0.39 is 0 Å². The molecule has 1 rings (SSSR count). The average Bonchev–Trinajstić information content (AvgIpc) is 2.58. The topological polar surface area (TPSA) is 63.1 Å². The lowest BCUT2D eigenvalue weighted by Crippen LogP contribution is -2.27. The Balaban J connectivity index is 2.18. The number of hydrogen-bond acceptors (Lipinski definition) is 4. The fraction of sp³-hybridized carbons (Fsp3) is 0.667. The van der Waals surface area contributed by atoms with Crippen molar-refractivity contribution in [1.82, 2.24) is 25.0 Å². The van der Waals surface area contributed by atoms with Crippen molar-refractivity contribution in [3.63, 3.8) is 0 Å². The Kier molecular flexibility index (Phi) is 4.23. The van der Waals surface area contributed by atoms with Crippen molar-refractivity contribution in [2.45, 2.75) is 13.0 Å². The molecular weight excluding hydrogens is 194 g/mol. The maximum absolute atomic E-state index is 11.2. The van der Waals surface area contributed by atoms with Crippen molar-refractivity contribution in [3.8, 4) is 0 Å². The van der Waals surface area contributed by atoms with Gasteiger partial charge in [-0.25, -0.2) is 0 Å². The van der Waals surface area contributed by atoms with Crippen molar-refractivity contribution in [1.29, 1.82) is 0 Å². The number of carbonyl (C=O) groups excluding carboxylic acids is 1. The monoisotopic (exact) mass is 211 g/mol. The van der Waals surface area contributed by atoms with E-state index in [0.29, 0.717) is 19.5 Å². The van der Waals surface area contributed by atoms with Gasteiger partial charge in [-0.3, -0.25) is 4.79 Å². The molecule has 0 aliphatic rings. The maximum Gasteiger partial charge on any atom is 0.223 e. The first-order chi connectivity index (χ1) is 7.11. The highest BCUT2D eigenvalue weighted by Gasteiger charge is 2.03. The van der Waals surface area contributed by atoms with E-state index in [1.807, 2.05) is 11.6 Å². The van der Waals surface area contributed by atoms with Crippen LogP contribution in [0.3, 0.4) is 0 Å². The predicted octanol–water partition coefficient (Wildman–Crippen LogP) is -0.617. The molecule has 1 heterocycles. The molecule has 0 atom stereocenters. The second kappa shape index (κ2) is 5.45. The van der Waals surface area contributed by atoms with Gasteiger partial charge in [0.05, 0.1) is 6.54 Å². The lowest BCUT2D eigenvalue weighted by atomic mass is 10.4. The van der Waals surface area contributed by atoms with Crippen molar-refractivity contribution in [2.75, 3.05) is 20.6 Å². The molecule has 1 amide bonds. The molecule has 0 aliphatic heterocycles. The van der Waals surface area contributed by atoms with Crippen LogP contribution in [0.2, 0.25) is 0 Å². The van der Waals surface area contributed by atoms with E-state index in [-0.39, 0.29) is 5.91 Å². The highest BCUT2D eigenvalue weighted by molar-refractivity contribution is 5.75. The molecule has 0 bridgehead atoms. The molecular formula is C9H17N5O. The maximum atomic E-state index is 11.2. The minimum absolute atomic E-state index is 0.125. The number of rotatable bonds is 5. The average molecular weight is 211 g/mol. The molecule has 15 heavy (non-hydrogen) atoms. The van der Waals surface area contributed by atoms with E-state index in [1.54, 1.807) is 25.3 Å². The largest absolute Gasteiger partial charge is 0.349 e. The summed E-state index contributed by atoms with van der Waals surface area (Å²) < 4.78 is 1.85. The summed E-state index contributed by atoms with van der Waals surface area (Å²) in [5.74, 6) is 0.993. The highest BCUT2D eigenvalue weighted by atomic mass is 16.2. The van der Waals surface area contributed by atoms with Crippen molar-refractivity contribution in [3.05, 3.63) is 12.2 Å². The van der Waals surface area contributed by atoms with Gasteiger partial charge in [0.25, 0.3) is 0 Å². The zero-order valence-corrected chi connectivity index (χ0v) is 9.40. The summed E-state index contributed by atoms with van der Waals surface area (Å²) in [5.41, 5.74) is 0. The number of aromatic nitrogens is 3. The van der Waals surface area contributed by atoms with Gasteiger partial charge < -0.3 is 14.8 Å². The lowest BCUT2D eigenvalue weighted by Gasteiger charge is -2.10. The summed E-state index contributed by atoms with van der Waals surface area (Å²) in [7, 11) is 5.40. The molecule has 0 aliphatic carbocycles. The van der Waals surface area contributed by atoms with Gasteiger partial charge in [0.1, 0.15) is 12.2 Å². The van der Waals surface area contributed by atoms with Crippen LogP contribution in [0.4, 0.5) is 0 Å². The van der Waals surface area contributed by atoms with Crippen molar-refractivity contribution in [2.24, 2.45) is 7.05 Å². The van der Waals surface area contributed by atoms with E-state index >= 15 is 0 Å². The van der Waals surface area contributed by atoms with Crippen LogP contribution in [-0.4, -0.2) is 46.2 Å². The molecule has 0 fully saturated rings. The minimum atomic E-state index is 0.125. The third-order valence-electron chi connectivity index (χ3n) is 2.10. The minimum Gasteiger partial charge on any atom is -0.349 e. The van der Waals surface area contributed by atoms with Gasteiger partial charge in [-0.2, -0.15) is 0 Å². The number of nitrogens with one attached hydrogen (secondary N) is 1. The van der Waals surface area contributed by atoms with Crippen LogP contribution < -0.4 is 5.32 Å². The Labute approximate surface area is 89.3 Å². The molecule has 0 unspecified atom stereocenters. The highest BCUT2D eigenvalue weighted by Crippen LogP contribution is 1.91. The number of amides is 1. The summed E-state index contributed by atoms with van der Waals surface area (Å²) >= 11 is 0. The smallest absolute Gasteiger partial charge is 0.223 e. The zero-order chi connectivity index (χ0) is 11.3. The molecule has 84 valence electrons. The number of nitrogens with zero attached hydrogens (tertiary/aromatic N) is 4. The lowest BCUT2D eigenvalue weighted by molar-refractivity contribution is -0.128. The molecule has 0 aromatic carbocycles. The Hall–Kier alpha value is -1.43. The Bertz CT molecular complexity index is 320. The number of hydrogen-bond donors (Lipinski definition) is 1. The van der Waals surface area contributed by atoms with Gasteiger partial charge in [-0.1, -0.05) is 0 Å². The molecule has 0 radical (unpaired) electrons. The van der Waals surface area contributed by atoms with Crippen LogP contribution in [0.5, 0.6) is 0 Å². The SMILES string of the molecule is CN(C)C(=O)CCNCc1nncn1C. The molecule has 0 saturated carbocycles. The van der Waals surface area contributed by atoms with Crippen LogP contribution in [0.25, 0.3) is 0 Å². The quantitative estimate of drug-likeness (QED) is 0.659. The first-order valence-corrected chi connectivity index (χ1v) is 4.85. The second-order valence-electron chi connectivity index (χ2n) is 3.57. The van der Waals surface area contributed by atoms with Crippen molar-refractivity contribution >= 4 is 5.91 Å². The predicted molar refractivity (Wildman–Crippen MR) is 56.0 cm³/mol. The van der Waals surface area contributed by atoms with E-state index in [1.165, 1.54) is 0 Å². The fourth-order valence-corrected chi connectivity index (χ4v) is 1.09. The molecule has 6 heteroatoms. The van der Waals surface area contributed by atoms with Gasteiger partial charge in [0.15, 0.2) is 0 Å². The second-order valence-corrected chi connectivity index (χ2v) is 3.57.